The van der Waals surface area contributed by atoms with Crippen LogP contribution in [0, 0.1) is 0 Å². The van der Waals surface area contributed by atoms with Crippen LogP contribution in [0.25, 0.3) is 0 Å². The van der Waals surface area contributed by atoms with E-state index < -0.39 is 23.8 Å². The minimum Gasteiger partial charge on any atom is -0.343 e. The summed E-state index contributed by atoms with van der Waals surface area (Å²) in [6.45, 7) is 1.96. The largest absolute Gasteiger partial charge is 0.355 e. The molecule has 0 radical (unpaired) electrons. The van der Waals surface area contributed by atoms with Gasteiger partial charge in [-0.25, -0.2) is 9.59 Å². The van der Waals surface area contributed by atoms with Gasteiger partial charge >= 0.3 is 12.0 Å². The molecule has 0 aromatic heterocycles. The fraction of sp³-hybridized carbons (Fsp3) is 0.750. The van der Waals surface area contributed by atoms with Crippen molar-refractivity contribution in [3.63, 3.8) is 0 Å². The summed E-state index contributed by atoms with van der Waals surface area (Å²) in [6, 6.07) is -0.664. The van der Waals surface area contributed by atoms with E-state index in [2.05, 4.69) is 16.0 Å². The van der Waals surface area contributed by atoms with Crippen molar-refractivity contribution in [1.29, 1.82) is 0 Å². The Bertz CT molecular complexity index is 716. The van der Waals surface area contributed by atoms with Gasteiger partial charge in [0.05, 0.1) is 12.1 Å². The number of carbonyl (C=O) groups excluding carboxylic acids is 5. The molecule has 172 valence electrons. The Kier molecular flexibility index (Phi) is 8.16. The number of hydrogen-bond acceptors (Lipinski definition) is 7. The number of imide groups is 1. The van der Waals surface area contributed by atoms with Crippen LogP contribution < -0.4 is 16.0 Å². The number of carbonyl (C=O) groups is 5. The molecule has 0 saturated carbocycles. The van der Waals surface area contributed by atoms with Gasteiger partial charge in [-0.2, -0.15) is 11.8 Å². The second kappa shape index (κ2) is 10.8. The van der Waals surface area contributed by atoms with Crippen LogP contribution in [0.5, 0.6) is 0 Å². The number of fused-ring (bicyclic) bond motifs is 1. The summed E-state index contributed by atoms with van der Waals surface area (Å²) in [4.78, 5) is 64.5. The molecule has 3 rings (SSSR count). The van der Waals surface area contributed by atoms with Gasteiger partial charge < -0.3 is 20.8 Å². The van der Waals surface area contributed by atoms with Gasteiger partial charge in [0.1, 0.15) is 6.04 Å². The molecule has 4 atom stereocenters. The molecule has 0 aliphatic carbocycles. The molecule has 11 heteroatoms. The van der Waals surface area contributed by atoms with Crippen LogP contribution in [0.4, 0.5) is 4.79 Å². The second-order valence-corrected chi connectivity index (χ2v) is 9.39. The van der Waals surface area contributed by atoms with Gasteiger partial charge in [-0.15, -0.1) is 5.06 Å². The normalized spacial score (nSPS) is 25.8. The third kappa shape index (κ3) is 6.11. The molecule has 31 heavy (non-hydrogen) atoms. The summed E-state index contributed by atoms with van der Waals surface area (Å²) in [5.41, 5.74) is 0. The SMILES string of the molecule is CCCCC(NC(=O)CCCC[C@@H]1SC[C@@H]2NC(=O)N[C@@H]21)C(=O)ON1C(=O)CCC1=O. The number of rotatable bonds is 11. The lowest BCUT2D eigenvalue weighted by Gasteiger charge is -2.20. The maximum Gasteiger partial charge on any atom is 0.355 e. The highest BCUT2D eigenvalue weighted by atomic mass is 32.2. The summed E-state index contributed by atoms with van der Waals surface area (Å²) in [5, 5.41) is 9.41. The first-order chi connectivity index (χ1) is 14.9. The Labute approximate surface area is 185 Å². The van der Waals surface area contributed by atoms with Crippen LogP contribution >= 0.6 is 11.8 Å². The first-order valence-electron chi connectivity index (χ1n) is 10.9. The third-order valence-corrected chi connectivity index (χ3v) is 7.24. The van der Waals surface area contributed by atoms with Gasteiger partial charge in [0.2, 0.25) is 5.91 Å². The molecule has 0 aromatic rings. The Morgan fingerprint density at radius 1 is 1.16 bits per heavy atom. The number of amides is 5. The highest BCUT2D eigenvalue weighted by Gasteiger charge is 2.42. The smallest absolute Gasteiger partial charge is 0.343 e. The Hall–Kier alpha value is -2.30. The number of hydroxylamine groups is 2. The van der Waals surface area contributed by atoms with E-state index in [0.29, 0.717) is 29.6 Å². The molecular formula is C20H30N4O6S. The van der Waals surface area contributed by atoms with E-state index in [-0.39, 0.29) is 43.3 Å². The molecule has 0 aromatic carbocycles. The van der Waals surface area contributed by atoms with E-state index in [1.54, 1.807) is 0 Å². The zero-order chi connectivity index (χ0) is 22.4. The predicted molar refractivity (Wildman–Crippen MR) is 113 cm³/mol. The number of unbranched alkanes of at least 4 members (excludes halogenated alkanes) is 2. The lowest BCUT2D eigenvalue weighted by atomic mass is 10.0. The highest BCUT2D eigenvalue weighted by molar-refractivity contribution is 8.00. The molecule has 3 fully saturated rings. The quantitative estimate of drug-likeness (QED) is 0.241. The van der Waals surface area contributed by atoms with Crippen LogP contribution in [0.15, 0.2) is 0 Å². The lowest BCUT2D eigenvalue weighted by molar-refractivity contribution is -0.199. The monoisotopic (exact) mass is 454 g/mol. The summed E-state index contributed by atoms with van der Waals surface area (Å²) >= 11 is 1.84. The average Bonchev–Trinajstić information content (AvgIpc) is 3.38. The predicted octanol–water partition coefficient (Wildman–Crippen LogP) is 0.994. The van der Waals surface area contributed by atoms with Crippen molar-refractivity contribution in [2.75, 3.05) is 5.75 Å². The molecular weight excluding hydrogens is 424 g/mol. The fourth-order valence-corrected chi connectivity index (χ4v) is 5.55. The molecule has 3 heterocycles. The summed E-state index contributed by atoms with van der Waals surface area (Å²) in [5.74, 6) is -1.23. The van der Waals surface area contributed by atoms with Crippen molar-refractivity contribution in [3.8, 4) is 0 Å². The average molecular weight is 455 g/mol. The molecule has 3 aliphatic rings. The van der Waals surface area contributed by atoms with Crippen molar-refractivity contribution in [2.24, 2.45) is 0 Å². The fourth-order valence-electron chi connectivity index (χ4n) is 4.01. The molecule has 0 bridgehead atoms. The molecule has 10 nitrogen and oxygen atoms in total. The summed E-state index contributed by atoms with van der Waals surface area (Å²) < 4.78 is 0. The number of nitrogens with one attached hydrogen (secondary N) is 3. The van der Waals surface area contributed by atoms with Gasteiger partial charge in [0.15, 0.2) is 0 Å². The van der Waals surface area contributed by atoms with E-state index in [9.17, 15) is 24.0 Å². The van der Waals surface area contributed by atoms with Crippen molar-refractivity contribution in [2.45, 2.75) is 88.1 Å². The van der Waals surface area contributed by atoms with Gasteiger partial charge in [0, 0.05) is 30.3 Å². The van der Waals surface area contributed by atoms with E-state index in [4.69, 9.17) is 4.84 Å². The lowest BCUT2D eigenvalue weighted by Crippen LogP contribution is -2.45. The van der Waals surface area contributed by atoms with Gasteiger partial charge in [-0.3, -0.25) is 14.4 Å². The van der Waals surface area contributed by atoms with Crippen molar-refractivity contribution in [1.82, 2.24) is 21.0 Å². The molecule has 3 saturated heterocycles. The Morgan fingerprint density at radius 2 is 1.90 bits per heavy atom. The van der Waals surface area contributed by atoms with Crippen molar-refractivity contribution in [3.05, 3.63) is 0 Å². The van der Waals surface area contributed by atoms with Crippen LogP contribution in [-0.2, 0) is 24.0 Å². The summed E-state index contributed by atoms with van der Waals surface area (Å²) in [6.07, 6.45) is 4.64. The van der Waals surface area contributed by atoms with Crippen LogP contribution in [0.2, 0.25) is 0 Å². The topological polar surface area (TPSA) is 134 Å². The van der Waals surface area contributed by atoms with E-state index in [0.717, 1.165) is 25.0 Å². The van der Waals surface area contributed by atoms with Crippen molar-refractivity contribution >= 4 is 41.5 Å². The van der Waals surface area contributed by atoms with E-state index >= 15 is 0 Å². The molecule has 5 amide bonds. The number of hydrogen-bond donors (Lipinski definition) is 3. The Balaban J connectivity index is 1.40. The number of thioether (sulfide) groups is 1. The van der Waals surface area contributed by atoms with E-state index in [1.165, 1.54) is 0 Å². The molecule has 1 unspecified atom stereocenters. The Morgan fingerprint density at radius 3 is 2.61 bits per heavy atom. The first-order valence-corrected chi connectivity index (χ1v) is 12.0. The first kappa shape index (κ1) is 23.4. The maximum absolute atomic E-state index is 12.4. The van der Waals surface area contributed by atoms with Crippen LogP contribution in [0.1, 0.15) is 64.7 Å². The van der Waals surface area contributed by atoms with Gasteiger partial charge in [0.25, 0.3) is 11.8 Å². The molecule has 3 aliphatic heterocycles. The van der Waals surface area contributed by atoms with E-state index in [1.807, 2.05) is 18.7 Å². The number of nitrogens with zero attached hydrogens (tertiary/aromatic N) is 1. The maximum atomic E-state index is 12.4. The van der Waals surface area contributed by atoms with Gasteiger partial charge in [-0.1, -0.05) is 26.2 Å². The van der Waals surface area contributed by atoms with Crippen molar-refractivity contribution < 1.29 is 28.8 Å². The minimum absolute atomic E-state index is 0.0265. The number of urea groups is 1. The zero-order valence-electron chi connectivity index (χ0n) is 17.7. The van der Waals surface area contributed by atoms with Gasteiger partial charge in [-0.05, 0) is 19.3 Å². The zero-order valence-corrected chi connectivity index (χ0v) is 18.5. The highest BCUT2D eigenvalue weighted by Crippen LogP contribution is 2.33. The second-order valence-electron chi connectivity index (χ2n) is 8.12. The minimum atomic E-state index is -0.889. The van der Waals surface area contributed by atoms with Crippen LogP contribution in [0.3, 0.4) is 0 Å². The third-order valence-electron chi connectivity index (χ3n) is 5.73. The van der Waals surface area contributed by atoms with Crippen LogP contribution in [-0.4, -0.2) is 63.9 Å². The molecule has 3 N–H and O–H groups in total. The standard InChI is InChI=1S/C20H30N4O6S/c1-2-3-6-12(19(28)30-24-16(26)9-10-17(24)27)21-15(25)8-5-4-7-14-18-13(11-31-14)22-20(29)23-18/h12-14,18H,2-11H2,1H3,(H,21,25)(H2,22,23,29)/t12?,13-,14-,18-/m0/s1. The molecule has 0 spiro atoms. The summed E-state index contributed by atoms with van der Waals surface area (Å²) in [7, 11) is 0.